The Kier molecular flexibility index (Phi) is 6.75. The molecule has 0 radical (unpaired) electrons. The monoisotopic (exact) mass is 267 g/mol. The van der Waals surface area contributed by atoms with Crippen LogP contribution in [0.25, 0.3) is 0 Å². The van der Waals surface area contributed by atoms with Gasteiger partial charge in [-0.15, -0.1) is 11.8 Å². The van der Waals surface area contributed by atoms with Crippen LogP contribution in [0.4, 0.5) is 0 Å². The first-order valence-electron chi connectivity index (χ1n) is 6.22. The average molecular weight is 267 g/mol. The van der Waals surface area contributed by atoms with Gasteiger partial charge in [0.15, 0.2) is 0 Å². The highest BCUT2D eigenvalue weighted by molar-refractivity contribution is 8.00. The Hall–Kier alpha value is -1.07. The van der Waals surface area contributed by atoms with Crippen molar-refractivity contribution in [3.05, 3.63) is 30.1 Å². The first kappa shape index (κ1) is 15.0. The molecule has 0 aliphatic heterocycles. The Morgan fingerprint density at radius 3 is 2.72 bits per heavy atom. The van der Waals surface area contributed by atoms with Gasteiger partial charge in [0.05, 0.1) is 5.75 Å². The zero-order chi connectivity index (χ0) is 13.4. The molecular formula is C13H21N3OS. The van der Waals surface area contributed by atoms with Crippen molar-refractivity contribution in [3.8, 4) is 0 Å². The van der Waals surface area contributed by atoms with Gasteiger partial charge in [-0.05, 0) is 25.5 Å². The second-order valence-electron chi connectivity index (χ2n) is 3.89. The summed E-state index contributed by atoms with van der Waals surface area (Å²) in [5, 5.41) is 0.137. The zero-order valence-corrected chi connectivity index (χ0v) is 11.8. The molecule has 0 saturated carbocycles. The summed E-state index contributed by atoms with van der Waals surface area (Å²) < 4.78 is 0. The highest BCUT2D eigenvalue weighted by Gasteiger charge is 2.15. The summed E-state index contributed by atoms with van der Waals surface area (Å²) in [7, 11) is 0. The van der Waals surface area contributed by atoms with E-state index in [2.05, 4.69) is 4.98 Å². The number of pyridine rings is 1. The molecule has 1 amide bonds. The van der Waals surface area contributed by atoms with Crippen molar-refractivity contribution in [2.24, 2.45) is 5.73 Å². The minimum absolute atomic E-state index is 0.137. The van der Waals surface area contributed by atoms with Crippen LogP contribution >= 0.6 is 11.8 Å². The van der Waals surface area contributed by atoms with Crippen molar-refractivity contribution in [3.63, 3.8) is 0 Å². The van der Waals surface area contributed by atoms with Crippen LogP contribution in [0.5, 0.6) is 0 Å². The SMILES string of the molecule is CCN(CC)C(=O)CSC(CN)c1cccnc1. The van der Waals surface area contributed by atoms with Crippen molar-refractivity contribution in [1.29, 1.82) is 0 Å². The van der Waals surface area contributed by atoms with E-state index in [-0.39, 0.29) is 11.2 Å². The number of nitrogens with zero attached hydrogens (tertiary/aromatic N) is 2. The van der Waals surface area contributed by atoms with E-state index >= 15 is 0 Å². The highest BCUT2D eigenvalue weighted by atomic mass is 32.2. The van der Waals surface area contributed by atoms with Gasteiger partial charge in [-0.25, -0.2) is 0 Å². The van der Waals surface area contributed by atoms with Gasteiger partial charge in [0.2, 0.25) is 5.91 Å². The van der Waals surface area contributed by atoms with Gasteiger partial charge < -0.3 is 10.6 Å². The molecule has 0 aliphatic carbocycles. The van der Waals surface area contributed by atoms with Gasteiger partial charge in [0.25, 0.3) is 0 Å². The summed E-state index contributed by atoms with van der Waals surface area (Å²) in [5.41, 5.74) is 6.84. The van der Waals surface area contributed by atoms with Crippen molar-refractivity contribution >= 4 is 17.7 Å². The van der Waals surface area contributed by atoms with Crippen LogP contribution in [0.15, 0.2) is 24.5 Å². The third kappa shape index (κ3) is 4.31. The number of carbonyl (C=O) groups is 1. The maximum absolute atomic E-state index is 11.9. The van der Waals surface area contributed by atoms with Crippen molar-refractivity contribution in [1.82, 2.24) is 9.88 Å². The van der Waals surface area contributed by atoms with Gasteiger partial charge in [0.1, 0.15) is 0 Å². The van der Waals surface area contributed by atoms with E-state index in [1.165, 1.54) is 0 Å². The molecular weight excluding hydrogens is 246 g/mol. The third-order valence-electron chi connectivity index (χ3n) is 2.79. The van der Waals surface area contributed by atoms with Crippen LogP contribution in [0.2, 0.25) is 0 Å². The lowest BCUT2D eigenvalue weighted by atomic mass is 10.2. The lowest BCUT2D eigenvalue weighted by Crippen LogP contribution is -2.32. The molecule has 0 bridgehead atoms. The molecule has 1 atom stereocenters. The lowest BCUT2D eigenvalue weighted by Gasteiger charge is -2.20. The molecule has 0 saturated heterocycles. The van der Waals surface area contributed by atoms with Crippen LogP contribution in [0, 0.1) is 0 Å². The molecule has 0 spiro atoms. The van der Waals surface area contributed by atoms with Gasteiger partial charge in [-0.1, -0.05) is 6.07 Å². The first-order chi connectivity index (χ1) is 8.72. The molecule has 100 valence electrons. The highest BCUT2D eigenvalue weighted by Crippen LogP contribution is 2.27. The van der Waals surface area contributed by atoms with Gasteiger partial charge in [0, 0.05) is 37.3 Å². The molecule has 2 N–H and O–H groups in total. The van der Waals surface area contributed by atoms with E-state index in [1.807, 2.05) is 37.1 Å². The Balaban J connectivity index is 2.53. The molecule has 5 heteroatoms. The van der Waals surface area contributed by atoms with E-state index in [0.29, 0.717) is 12.3 Å². The zero-order valence-electron chi connectivity index (χ0n) is 11.0. The Morgan fingerprint density at radius 1 is 1.50 bits per heavy atom. The number of amides is 1. The normalized spacial score (nSPS) is 12.2. The van der Waals surface area contributed by atoms with E-state index in [4.69, 9.17) is 5.73 Å². The summed E-state index contributed by atoms with van der Waals surface area (Å²) in [6.07, 6.45) is 3.55. The molecule has 18 heavy (non-hydrogen) atoms. The van der Waals surface area contributed by atoms with Gasteiger partial charge >= 0.3 is 0 Å². The molecule has 1 unspecified atom stereocenters. The van der Waals surface area contributed by atoms with Crippen molar-refractivity contribution in [2.75, 3.05) is 25.4 Å². The fourth-order valence-corrected chi connectivity index (χ4v) is 2.70. The van der Waals surface area contributed by atoms with E-state index in [1.54, 1.807) is 18.0 Å². The minimum Gasteiger partial charge on any atom is -0.343 e. The summed E-state index contributed by atoms with van der Waals surface area (Å²) in [6, 6.07) is 3.89. The number of carbonyl (C=O) groups excluding carboxylic acids is 1. The maximum atomic E-state index is 11.9. The summed E-state index contributed by atoms with van der Waals surface area (Å²) in [6.45, 7) is 6.02. The molecule has 0 aliphatic rings. The lowest BCUT2D eigenvalue weighted by molar-refractivity contribution is -0.127. The largest absolute Gasteiger partial charge is 0.343 e. The number of aromatic nitrogens is 1. The molecule has 0 aromatic carbocycles. The third-order valence-corrected chi connectivity index (χ3v) is 4.08. The van der Waals surface area contributed by atoms with E-state index in [0.717, 1.165) is 18.7 Å². The summed E-state index contributed by atoms with van der Waals surface area (Å²) in [5.74, 6) is 0.644. The predicted octanol–water partition coefficient (Wildman–Crippen LogP) is 1.68. The van der Waals surface area contributed by atoms with E-state index in [9.17, 15) is 4.79 Å². The molecule has 1 aromatic heterocycles. The quantitative estimate of drug-likeness (QED) is 0.816. The molecule has 4 nitrogen and oxygen atoms in total. The average Bonchev–Trinajstić information content (AvgIpc) is 2.42. The van der Waals surface area contributed by atoms with Crippen molar-refractivity contribution in [2.45, 2.75) is 19.1 Å². The number of thioether (sulfide) groups is 1. The molecule has 0 fully saturated rings. The fourth-order valence-electron chi connectivity index (χ4n) is 1.71. The Bertz CT molecular complexity index is 355. The number of nitrogens with two attached hydrogens (primary N) is 1. The maximum Gasteiger partial charge on any atom is 0.232 e. The van der Waals surface area contributed by atoms with Crippen LogP contribution in [0.1, 0.15) is 24.7 Å². The summed E-state index contributed by atoms with van der Waals surface area (Å²) in [4.78, 5) is 17.8. The van der Waals surface area contributed by atoms with Crippen LogP contribution in [-0.2, 0) is 4.79 Å². The predicted molar refractivity (Wildman–Crippen MR) is 76.4 cm³/mol. The first-order valence-corrected chi connectivity index (χ1v) is 7.27. The van der Waals surface area contributed by atoms with Crippen LogP contribution < -0.4 is 5.73 Å². The minimum atomic E-state index is 0.137. The number of hydrogen-bond donors (Lipinski definition) is 1. The number of hydrogen-bond acceptors (Lipinski definition) is 4. The van der Waals surface area contributed by atoms with Crippen LogP contribution in [-0.4, -0.2) is 41.2 Å². The van der Waals surface area contributed by atoms with Crippen LogP contribution in [0.3, 0.4) is 0 Å². The topological polar surface area (TPSA) is 59.2 Å². The summed E-state index contributed by atoms with van der Waals surface area (Å²) >= 11 is 1.59. The Morgan fingerprint density at radius 2 is 2.22 bits per heavy atom. The molecule has 1 heterocycles. The van der Waals surface area contributed by atoms with Gasteiger partial charge in [-0.3, -0.25) is 9.78 Å². The molecule has 1 rings (SSSR count). The van der Waals surface area contributed by atoms with Crippen molar-refractivity contribution < 1.29 is 4.79 Å². The van der Waals surface area contributed by atoms with Gasteiger partial charge in [-0.2, -0.15) is 0 Å². The Labute approximate surface area is 113 Å². The fraction of sp³-hybridized carbons (Fsp3) is 0.538. The molecule has 1 aromatic rings. The smallest absolute Gasteiger partial charge is 0.232 e. The number of rotatable bonds is 7. The van der Waals surface area contributed by atoms with E-state index < -0.39 is 0 Å². The second-order valence-corrected chi connectivity index (χ2v) is 5.08. The second kappa shape index (κ2) is 8.11. The standard InChI is InChI=1S/C13H21N3OS/c1-3-16(4-2)13(17)10-18-12(8-14)11-6-5-7-15-9-11/h5-7,9,12H,3-4,8,10,14H2,1-2H3.